The largest absolute Gasteiger partial charge is 0.0587 e. The summed E-state index contributed by atoms with van der Waals surface area (Å²) in [4.78, 5) is 0. The summed E-state index contributed by atoms with van der Waals surface area (Å²) in [5, 5.41) is 0. The topological polar surface area (TPSA) is 0 Å². The highest BCUT2D eigenvalue weighted by molar-refractivity contribution is 5.64. The minimum atomic E-state index is 0.210. The van der Waals surface area contributed by atoms with Gasteiger partial charge in [0.25, 0.3) is 0 Å². The smallest absolute Gasteiger partial charge is 0.00990 e. The maximum absolute atomic E-state index is 3.34. The van der Waals surface area contributed by atoms with E-state index in [9.17, 15) is 0 Å². The first-order valence-electron chi connectivity index (χ1n) is 7.00. The second-order valence-corrected chi connectivity index (χ2v) is 6.52. The molecular weight excluding hydrogens is 228 g/mol. The molecule has 0 aliphatic rings. The molecule has 0 aliphatic heterocycles. The monoisotopic (exact) mass is 251 g/mol. The molecule has 0 spiro atoms. The number of hydrogen-bond acceptors (Lipinski definition) is 0. The van der Waals surface area contributed by atoms with Gasteiger partial charge in [-0.3, -0.25) is 0 Å². The summed E-state index contributed by atoms with van der Waals surface area (Å²) in [5.41, 5.74) is 5.38. The van der Waals surface area contributed by atoms with E-state index in [1.54, 1.807) is 0 Å². The minimum absolute atomic E-state index is 0.210. The quantitative estimate of drug-likeness (QED) is 0.654. The van der Waals surface area contributed by atoms with Crippen molar-refractivity contribution in [2.45, 2.75) is 46.0 Å². The van der Waals surface area contributed by atoms with Crippen molar-refractivity contribution in [3.05, 3.63) is 59.7 Å². The van der Waals surface area contributed by atoms with Crippen molar-refractivity contribution in [1.29, 1.82) is 0 Å². The summed E-state index contributed by atoms with van der Waals surface area (Å²) in [5.74, 6) is 0.558. The average Bonchev–Trinajstić information content (AvgIpc) is 2.38. The van der Waals surface area contributed by atoms with Crippen LogP contribution in [0.5, 0.6) is 0 Å². The van der Waals surface area contributed by atoms with Gasteiger partial charge in [-0.15, -0.1) is 0 Å². The van der Waals surface area contributed by atoms with Gasteiger partial charge in [0.15, 0.2) is 0 Å². The Morgan fingerprint density at radius 2 is 1.58 bits per heavy atom. The van der Waals surface area contributed by atoms with E-state index in [0.717, 1.165) is 0 Å². The molecule has 99 valence electrons. The molecule has 0 saturated heterocycles. The number of benzene rings is 2. The first-order chi connectivity index (χ1) is 8.88. The van der Waals surface area contributed by atoms with Crippen LogP contribution in [-0.2, 0) is 5.41 Å². The maximum atomic E-state index is 3.34. The summed E-state index contributed by atoms with van der Waals surface area (Å²) < 4.78 is 0. The predicted octanol–water partition coefficient (Wildman–Crippen LogP) is 5.57. The lowest BCUT2D eigenvalue weighted by Crippen LogP contribution is -2.10. The zero-order valence-corrected chi connectivity index (χ0v) is 12.6. The molecule has 0 fully saturated rings. The minimum Gasteiger partial charge on any atom is -0.0587 e. The lowest BCUT2D eigenvalue weighted by Gasteiger charge is -2.19. The summed E-state index contributed by atoms with van der Waals surface area (Å²) in [6.45, 7) is 11.2. The Hall–Kier alpha value is -1.56. The van der Waals surface area contributed by atoms with Crippen LogP contribution in [0, 0.1) is 6.07 Å². The lowest BCUT2D eigenvalue weighted by molar-refractivity contribution is 0.590. The van der Waals surface area contributed by atoms with Crippen molar-refractivity contribution in [2.24, 2.45) is 0 Å². The normalized spacial score (nSPS) is 11.9. The second-order valence-electron chi connectivity index (χ2n) is 6.52. The third-order valence-corrected chi connectivity index (χ3v) is 3.55. The molecule has 0 atom stereocenters. The molecule has 19 heavy (non-hydrogen) atoms. The van der Waals surface area contributed by atoms with E-state index in [-0.39, 0.29) is 5.41 Å². The van der Waals surface area contributed by atoms with Crippen LogP contribution in [0.25, 0.3) is 11.1 Å². The Balaban J connectivity index is 2.35. The van der Waals surface area contributed by atoms with Crippen molar-refractivity contribution in [3.63, 3.8) is 0 Å². The predicted molar refractivity (Wildman–Crippen MR) is 83.5 cm³/mol. The van der Waals surface area contributed by atoms with E-state index in [4.69, 9.17) is 0 Å². The molecule has 0 amide bonds. The molecule has 2 rings (SSSR count). The third kappa shape index (κ3) is 3.26. The van der Waals surface area contributed by atoms with Crippen LogP contribution in [0.3, 0.4) is 0 Å². The first-order valence-corrected chi connectivity index (χ1v) is 7.00. The molecule has 0 heterocycles. The molecule has 0 saturated carbocycles. The molecule has 0 unspecified atom stereocenters. The SMILES string of the molecule is CC(C)c1cc[c]c(-c2ccc(C(C)(C)C)cc2)c1. The fourth-order valence-electron chi connectivity index (χ4n) is 2.16. The van der Waals surface area contributed by atoms with E-state index in [2.05, 4.69) is 77.1 Å². The third-order valence-electron chi connectivity index (χ3n) is 3.55. The molecule has 0 aromatic heterocycles. The second kappa shape index (κ2) is 5.21. The van der Waals surface area contributed by atoms with Gasteiger partial charge in [0, 0.05) is 0 Å². The van der Waals surface area contributed by atoms with Crippen LogP contribution in [0.4, 0.5) is 0 Å². The molecule has 2 aromatic carbocycles. The van der Waals surface area contributed by atoms with Gasteiger partial charge in [-0.1, -0.05) is 77.1 Å². The summed E-state index contributed by atoms with van der Waals surface area (Å²) in [7, 11) is 0. The zero-order valence-electron chi connectivity index (χ0n) is 12.6. The van der Waals surface area contributed by atoms with Gasteiger partial charge in [-0.2, -0.15) is 0 Å². The van der Waals surface area contributed by atoms with Crippen LogP contribution in [-0.4, -0.2) is 0 Å². The zero-order chi connectivity index (χ0) is 14.0. The van der Waals surface area contributed by atoms with Crippen LogP contribution in [0.1, 0.15) is 51.7 Å². The van der Waals surface area contributed by atoms with Crippen molar-refractivity contribution in [1.82, 2.24) is 0 Å². The van der Waals surface area contributed by atoms with Crippen LogP contribution < -0.4 is 0 Å². The molecule has 0 nitrogen and oxygen atoms in total. The van der Waals surface area contributed by atoms with Crippen molar-refractivity contribution < 1.29 is 0 Å². The van der Waals surface area contributed by atoms with Gasteiger partial charge in [0.2, 0.25) is 0 Å². The summed E-state index contributed by atoms with van der Waals surface area (Å²) in [6.07, 6.45) is 0. The molecule has 0 N–H and O–H groups in total. The summed E-state index contributed by atoms with van der Waals surface area (Å²) >= 11 is 0. The Kier molecular flexibility index (Phi) is 3.80. The molecule has 0 aliphatic carbocycles. The lowest BCUT2D eigenvalue weighted by atomic mass is 9.86. The van der Waals surface area contributed by atoms with Gasteiger partial charge in [0.05, 0.1) is 0 Å². The van der Waals surface area contributed by atoms with Crippen molar-refractivity contribution in [3.8, 4) is 11.1 Å². The van der Waals surface area contributed by atoms with E-state index in [0.29, 0.717) is 5.92 Å². The van der Waals surface area contributed by atoms with Crippen molar-refractivity contribution >= 4 is 0 Å². The Morgan fingerprint density at radius 1 is 0.947 bits per heavy atom. The number of hydrogen-bond donors (Lipinski definition) is 0. The fourth-order valence-corrected chi connectivity index (χ4v) is 2.16. The van der Waals surface area contributed by atoms with Gasteiger partial charge in [-0.05, 0) is 39.7 Å². The maximum Gasteiger partial charge on any atom is -0.00990 e. The van der Waals surface area contributed by atoms with Crippen LogP contribution in [0.15, 0.2) is 42.5 Å². The number of rotatable bonds is 2. The standard InChI is InChI=1S/C19H23/c1-14(2)16-7-6-8-17(13-16)15-9-11-18(12-10-15)19(3,4)5/h6-7,9-14H,1-5H3. The molecule has 1 radical (unpaired) electrons. The van der Waals surface area contributed by atoms with Crippen LogP contribution in [0.2, 0.25) is 0 Å². The molecule has 0 heteroatoms. The molecular formula is C19H23. The van der Waals surface area contributed by atoms with E-state index in [1.165, 1.54) is 22.3 Å². The van der Waals surface area contributed by atoms with Crippen molar-refractivity contribution in [2.75, 3.05) is 0 Å². The van der Waals surface area contributed by atoms with E-state index < -0.39 is 0 Å². The fraction of sp³-hybridized carbons (Fsp3) is 0.368. The average molecular weight is 251 g/mol. The molecule has 0 bridgehead atoms. The van der Waals surface area contributed by atoms with Gasteiger partial charge in [-0.25, -0.2) is 0 Å². The Morgan fingerprint density at radius 3 is 2.11 bits per heavy atom. The molecule has 2 aromatic rings. The summed E-state index contributed by atoms with van der Waals surface area (Å²) in [6, 6.07) is 18.6. The highest BCUT2D eigenvalue weighted by atomic mass is 14.2. The van der Waals surface area contributed by atoms with E-state index in [1.807, 2.05) is 6.07 Å². The van der Waals surface area contributed by atoms with Gasteiger partial charge >= 0.3 is 0 Å². The van der Waals surface area contributed by atoms with Gasteiger partial charge < -0.3 is 0 Å². The Bertz CT molecular complexity index is 539. The highest BCUT2D eigenvalue weighted by Crippen LogP contribution is 2.27. The highest BCUT2D eigenvalue weighted by Gasteiger charge is 2.13. The first kappa shape index (κ1) is 13.9. The Labute approximate surface area is 117 Å². The van der Waals surface area contributed by atoms with E-state index >= 15 is 0 Å². The van der Waals surface area contributed by atoms with Gasteiger partial charge in [0.1, 0.15) is 0 Å². The van der Waals surface area contributed by atoms with Crippen LogP contribution >= 0.6 is 0 Å².